The fourth-order valence-corrected chi connectivity index (χ4v) is 4.11. The maximum absolute atomic E-state index is 13.5. The number of rotatable bonds is 6. The Morgan fingerprint density at radius 3 is 2.21 bits per heavy atom. The highest BCUT2D eigenvalue weighted by molar-refractivity contribution is 7.92. The number of carboxylic acids is 2. The van der Waals surface area contributed by atoms with Gasteiger partial charge in [0.25, 0.3) is 10.0 Å². The number of nitrogens with zero attached hydrogens (tertiary/aromatic N) is 1. The second kappa shape index (κ2) is 7.47. The molecule has 1 saturated heterocycles. The van der Waals surface area contributed by atoms with Gasteiger partial charge in [-0.05, 0) is 49.2 Å². The Morgan fingerprint density at radius 2 is 1.61 bits per heavy atom. The molecule has 1 fully saturated rings. The quantitative estimate of drug-likeness (QED) is 0.671. The molecule has 0 saturated carbocycles. The molecule has 0 spiro atoms. The summed E-state index contributed by atoms with van der Waals surface area (Å²) in [6.07, 6.45) is 1.99. The van der Waals surface area contributed by atoms with E-state index in [-0.39, 0.29) is 11.3 Å². The number of carboxylic acid groups (broad SMARTS) is 2. The molecule has 3 rings (SSSR count). The average Bonchev–Trinajstić information content (AvgIpc) is 3.16. The molecule has 0 aromatic heterocycles. The van der Waals surface area contributed by atoms with Gasteiger partial charge in [0.15, 0.2) is 0 Å². The molecule has 0 radical (unpaired) electrons. The molecule has 1 heterocycles. The molecule has 3 N–H and O–H groups in total. The number of sulfonamides is 1. The van der Waals surface area contributed by atoms with E-state index in [0.717, 1.165) is 38.1 Å². The highest BCUT2D eigenvalue weighted by Gasteiger charge is 2.23. The molecule has 0 bridgehead atoms. The largest absolute Gasteiger partial charge is 0.478 e. The van der Waals surface area contributed by atoms with Crippen molar-refractivity contribution in [1.29, 1.82) is 0 Å². The molecule has 0 aliphatic carbocycles. The minimum atomic E-state index is -4.33. The normalized spacial score (nSPS) is 14.1. The van der Waals surface area contributed by atoms with Gasteiger partial charge in [-0.25, -0.2) is 22.4 Å². The first-order chi connectivity index (χ1) is 13.2. The molecular weight excluding hydrogens is 391 g/mol. The van der Waals surface area contributed by atoms with Crippen molar-refractivity contribution >= 4 is 33.3 Å². The van der Waals surface area contributed by atoms with Crippen molar-refractivity contribution in [2.45, 2.75) is 17.7 Å². The molecule has 1 aliphatic heterocycles. The fraction of sp³-hybridized carbons (Fsp3) is 0.222. The minimum absolute atomic E-state index is 0.170. The zero-order valence-corrected chi connectivity index (χ0v) is 15.4. The van der Waals surface area contributed by atoms with Crippen molar-refractivity contribution < 1.29 is 32.6 Å². The Hall–Kier alpha value is -3.14. The van der Waals surface area contributed by atoms with Gasteiger partial charge in [0, 0.05) is 18.8 Å². The van der Waals surface area contributed by atoms with E-state index in [2.05, 4.69) is 4.72 Å². The summed E-state index contributed by atoms with van der Waals surface area (Å²) in [7, 11) is -4.33. The van der Waals surface area contributed by atoms with Crippen molar-refractivity contribution in [1.82, 2.24) is 0 Å². The molecule has 1 aliphatic rings. The van der Waals surface area contributed by atoms with Crippen LogP contribution < -0.4 is 9.62 Å². The van der Waals surface area contributed by atoms with E-state index in [9.17, 15) is 27.5 Å². The number of aromatic carboxylic acids is 2. The van der Waals surface area contributed by atoms with Crippen LogP contribution in [-0.4, -0.2) is 43.7 Å². The number of benzene rings is 2. The number of nitrogens with one attached hydrogen (secondary N) is 1. The number of carbonyl (C=O) groups is 2. The van der Waals surface area contributed by atoms with Crippen LogP contribution in [0.5, 0.6) is 0 Å². The highest BCUT2D eigenvalue weighted by atomic mass is 32.2. The zero-order chi connectivity index (χ0) is 20.5. The van der Waals surface area contributed by atoms with E-state index in [1.54, 1.807) is 6.07 Å². The second-order valence-corrected chi connectivity index (χ2v) is 7.96. The number of hydrogen-bond acceptors (Lipinski definition) is 5. The van der Waals surface area contributed by atoms with Crippen LogP contribution in [0, 0.1) is 5.82 Å². The molecule has 8 nitrogen and oxygen atoms in total. The third-order valence-corrected chi connectivity index (χ3v) is 5.79. The van der Waals surface area contributed by atoms with Crippen LogP contribution in [0.4, 0.5) is 15.8 Å². The predicted octanol–water partition coefficient (Wildman–Crippen LogP) is 2.62. The maximum atomic E-state index is 13.5. The summed E-state index contributed by atoms with van der Waals surface area (Å²) in [4.78, 5) is 24.2. The van der Waals surface area contributed by atoms with Crippen LogP contribution >= 0.6 is 0 Å². The summed E-state index contributed by atoms with van der Waals surface area (Å²) in [5.41, 5.74) is -0.538. The number of hydrogen-bond donors (Lipinski definition) is 3. The third kappa shape index (κ3) is 3.91. The minimum Gasteiger partial charge on any atom is -0.478 e. The first-order valence-corrected chi connectivity index (χ1v) is 9.85. The lowest BCUT2D eigenvalue weighted by molar-refractivity contribution is 0.0683. The van der Waals surface area contributed by atoms with Gasteiger partial charge < -0.3 is 15.1 Å². The van der Waals surface area contributed by atoms with E-state index >= 15 is 0 Å². The fourth-order valence-electron chi connectivity index (χ4n) is 3.01. The van der Waals surface area contributed by atoms with Crippen LogP contribution in [0.15, 0.2) is 41.3 Å². The third-order valence-electron chi connectivity index (χ3n) is 4.43. The smallest absolute Gasteiger partial charge is 0.338 e. The maximum Gasteiger partial charge on any atom is 0.338 e. The Morgan fingerprint density at radius 1 is 0.964 bits per heavy atom. The Balaban J connectivity index is 1.96. The summed E-state index contributed by atoms with van der Waals surface area (Å²) in [6, 6.07) is 6.66. The van der Waals surface area contributed by atoms with Gasteiger partial charge >= 0.3 is 11.9 Å². The molecule has 2 aromatic rings. The summed E-state index contributed by atoms with van der Waals surface area (Å²) >= 11 is 0. The summed E-state index contributed by atoms with van der Waals surface area (Å²) < 4.78 is 40.8. The van der Waals surface area contributed by atoms with Crippen LogP contribution in [0.3, 0.4) is 0 Å². The van der Waals surface area contributed by atoms with E-state index in [1.807, 2.05) is 4.90 Å². The van der Waals surface area contributed by atoms with E-state index in [0.29, 0.717) is 11.8 Å². The lowest BCUT2D eigenvalue weighted by Gasteiger charge is -2.19. The Kier molecular flexibility index (Phi) is 5.23. The topological polar surface area (TPSA) is 124 Å². The molecule has 2 aromatic carbocycles. The van der Waals surface area contributed by atoms with Crippen molar-refractivity contribution in [3.8, 4) is 0 Å². The zero-order valence-electron chi connectivity index (χ0n) is 14.6. The van der Waals surface area contributed by atoms with Gasteiger partial charge in [-0.3, -0.25) is 4.72 Å². The average molecular weight is 408 g/mol. The molecule has 28 heavy (non-hydrogen) atoms. The van der Waals surface area contributed by atoms with Gasteiger partial charge in [-0.15, -0.1) is 0 Å². The van der Waals surface area contributed by atoms with Gasteiger partial charge in [-0.2, -0.15) is 0 Å². The van der Waals surface area contributed by atoms with Crippen LogP contribution in [0.2, 0.25) is 0 Å². The lowest BCUT2D eigenvalue weighted by Crippen LogP contribution is -2.20. The summed E-state index contributed by atoms with van der Waals surface area (Å²) in [5, 5.41) is 18.4. The summed E-state index contributed by atoms with van der Waals surface area (Å²) in [5.74, 6) is -4.01. The second-order valence-electron chi connectivity index (χ2n) is 6.28. The Labute approximate surface area is 160 Å². The molecule has 0 amide bonds. The predicted molar refractivity (Wildman–Crippen MR) is 99.0 cm³/mol. The van der Waals surface area contributed by atoms with Crippen molar-refractivity contribution in [3.05, 3.63) is 53.3 Å². The Bertz CT molecular complexity index is 1050. The van der Waals surface area contributed by atoms with Crippen LogP contribution in [0.25, 0.3) is 0 Å². The molecule has 0 unspecified atom stereocenters. The van der Waals surface area contributed by atoms with E-state index < -0.39 is 38.2 Å². The van der Waals surface area contributed by atoms with Crippen LogP contribution in [-0.2, 0) is 10.0 Å². The van der Waals surface area contributed by atoms with Crippen molar-refractivity contribution in [3.63, 3.8) is 0 Å². The van der Waals surface area contributed by atoms with Crippen molar-refractivity contribution in [2.75, 3.05) is 22.7 Å². The molecule has 148 valence electrons. The SMILES string of the molecule is O=C(O)c1cc(S(=O)(=O)Nc2ccc(N3CCCC3)cc2C(=O)O)ccc1F. The van der Waals surface area contributed by atoms with E-state index in [1.165, 1.54) is 12.1 Å². The van der Waals surface area contributed by atoms with Gasteiger partial charge in [-0.1, -0.05) is 0 Å². The lowest BCUT2D eigenvalue weighted by atomic mass is 10.1. The van der Waals surface area contributed by atoms with Gasteiger partial charge in [0.05, 0.1) is 21.7 Å². The van der Waals surface area contributed by atoms with Gasteiger partial charge in [0.2, 0.25) is 0 Å². The first-order valence-electron chi connectivity index (χ1n) is 8.37. The van der Waals surface area contributed by atoms with Crippen LogP contribution in [0.1, 0.15) is 33.6 Å². The molecule has 10 heteroatoms. The standard InChI is InChI=1S/C18H17FN2O6S/c19-15-5-4-12(10-13(15)17(22)23)28(26,27)20-16-6-3-11(9-14(16)18(24)25)21-7-1-2-8-21/h3-6,9-10,20H,1-2,7-8H2,(H,22,23)(H,24,25). The van der Waals surface area contributed by atoms with Crippen molar-refractivity contribution in [2.24, 2.45) is 0 Å². The molecule has 0 atom stereocenters. The monoisotopic (exact) mass is 408 g/mol. The summed E-state index contributed by atoms with van der Waals surface area (Å²) in [6.45, 7) is 1.58. The molecular formula is C18H17FN2O6S. The number of halogens is 1. The van der Waals surface area contributed by atoms with E-state index in [4.69, 9.17) is 5.11 Å². The highest BCUT2D eigenvalue weighted by Crippen LogP contribution is 2.28. The van der Waals surface area contributed by atoms with Gasteiger partial charge in [0.1, 0.15) is 5.82 Å². The first kappa shape index (κ1) is 19.6. The number of anilines is 2.